The maximum atomic E-state index is 10.5. The lowest BCUT2D eigenvalue weighted by Crippen LogP contribution is -2.61. The quantitative estimate of drug-likeness (QED) is 0.128. The summed E-state index contributed by atoms with van der Waals surface area (Å²) in [5.41, 5.74) is 23.1. The Kier molecular flexibility index (Phi) is 12.0. The van der Waals surface area contributed by atoms with Gasteiger partial charge in [-0.15, -0.1) is 0 Å². The van der Waals surface area contributed by atoms with Crippen molar-refractivity contribution >= 4 is 177 Å². The molecule has 8 heterocycles. The van der Waals surface area contributed by atoms with E-state index < -0.39 is 60.5 Å². The summed E-state index contributed by atoms with van der Waals surface area (Å²) in [5, 5.41) is 8.81. The van der Waals surface area contributed by atoms with Crippen LogP contribution in [0, 0.1) is 0 Å². The Morgan fingerprint density at radius 3 is 0.960 bits per heavy atom. The summed E-state index contributed by atoms with van der Waals surface area (Å²) < 4.78 is 148. The topological polar surface area (TPSA) is 25.2 Å². The van der Waals surface area contributed by atoms with Crippen LogP contribution in [-0.2, 0) is 5.41 Å². The summed E-state index contributed by atoms with van der Waals surface area (Å²) in [6.45, 7) is 5.90. The molecule has 582 valence electrons. The van der Waals surface area contributed by atoms with Gasteiger partial charge in [-0.1, -0.05) is 287 Å². The molecule has 125 heavy (non-hydrogen) atoms. The van der Waals surface area contributed by atoms with Crippen molar-refractivity contribution in [3.05, 3.63) is 418 Å². The molecule has 0 radical (unpaired) electrons. The zero-order chi connectivity index (χ0) is 94.4. The molecule has 27 rings (SSSR count). The molecule has 19 aromatic carbocycles. The van der Waals surface area contributed by atoms with Crippen LogP contribution < -0.4 is 26.2 Å². The van der Waals surface area contributed by atoms with Crippen molar-refractivity contribution in [2.24, 2.45) is 0 Å². The highest BCUT2D eigenvalue weighted by Gasteiger charge is 2.46. The van der Waals surface area contributed by atoms with Gasteiger partial charge in [0.05, 0.1) is 85.7 Å². The second-order valence-electron chi connectivity index (χ2n) is 34.3. The molecule has 0 saturated carbocycles. The highest BCUT2D eigenvalue weighted by atomic mass is 15.2. The van der Waals surface area contributed by atoms with Crippen LogP contribution in [0.1, 0.15) is 45.5 Å². The van der Waals surface area contributed by atoms with Crippen LogP contribution >= 0.6 is 0 Å². The van der Waals surface area contributed by atoms with Gasteiger partial charge in [-0.3, -0.25) is 0 Å². The van der Waals surface area contributed by atoms with E-state index in [0.29, 0.717) is 33.9 Å². The van der Waals surface area contributed by atoms with Gasteiger partial charge in [0.25, 0.3) is 6.71 Å². The molecule has 7 heteroatoms. The van der Waals surface area contributed by atoms with Crippen LogP contribution in [0.4, 0.5) is 34.1 Å². The molecule has 0 atom stereocenters. The SMILES string of the molecule is [2H]c1c([2H])c([2H])c2c(c1[2H])c1c([2H])c(-c3ccccc3)c([2H])c([2H])c1n2-c1ccc2c(c1)N(c1ccc(-c3ccccc3)cc1-c1cc3c4ccccc4n4c5ccccc5c(c1)c34)c1cc(C(C)(C)C)cc3c1B2c1ccc(-n2c4c([2H])c([2H])c([2H])c([2H])c4c4c([2H])c(-c5ccccc5)c([2H])c([2H])c42)cc1N3c1ccc(-c2ccccc2)cc1-c1cc2c3ccccc3n3c4ccccc4c(c1)c23. The summed E-state index contributed by atoms with van der Waals surface area (Å²) in [6, 6.07) is 108. The van der Waals surface area contributed by atoms with Gasteiger partial charge < -0.3 is 27.7 Å². The second-order valence-corrected chi connectivity index (χ2v) is 34.3. The molecule has 25 aromatic rings. The third-order valence-electron chi connectivity index (χ3n) is 26.6. The van der Waals surface area contributed by atoms with Crippen LogP contribution in [-0.4, -0.2) is 24.6 Å². The number of hydrogen-bond acceptors (Lipinski definition) is 2. The van der Waals surface area contributed by atoms with Crippen LogP contribution in [0.5, 0.6) is 0 Å². The zero-order valence-corrected chi connectivity index (χ0v) is 67.9. The van der Waals surface area contributed by atoms with Gasteiger partial charge in [-0.05, 0) is 228 Å². The largest absolute Gasteiger partial charge is 0.311 e. The first-order valence-corrected chi connectivity index (χ1v) is 42.5. The highest BCUT2D eigenvalue weighted by molar-refractivity contribution is 7.00. The molecule has 0 spiro atoms. The van der Waals surface area contributed by atoms with E-state index in [2.05, 4.69) is 282 Å². The van der Waals surface area contributed by atoms with Crippen LogP contribution in [0.3, 0.4) is 0 Å². The van der Waals surface area contributed by atoms with E-state index in [4.69, 9.17) is 0 Å². The molecule has 6 nitrogen and oxygen atoms in total. The third-order valence-corrected chi connectivity index (χ3v) is 26.6. The maximum Gasteiger partial charge on any atom is 0.252 e. The minimum atomic E-state index is -0.760. The van der Waals surface area contributed by atoms with Crippen LogP contribution in [0.25, 0.3) is 198 Å². The van der Waals surface area contributed by atoms with E-state index in [-0.39, 0.29) is 91.0 Å². The summed E-state index contributed by atoms with van der Waals surface area (Å²) in [6.07, 6.45) is 0. The maximum absolute atomic E-state index is 10.5. The molecule has 0 saturated heterocycles. The van der Waals surface area contributed by atoms with Gasteiger partial charge >= 0.3 is 0 Å². The zero-order valence-electron chi connectivity index (χ0n) is 81.9. The lowest BCUT2D eigenvalue weighted by molar-refractivity contribution is 0.590. The smallest absolute Gasteiger partial charge is 0.252 e. The number of fused-ring (bicyclic) bond motifs is 22. The monoisotopic (exact) mass is 1600 g/mol. The molecule has 0 N–H and O–H groups in total. The van der Waals surface area contributed by atoms with Gasteiger partial charge in [-0.2, -0.15) is 0 Å². The lowest BCUT2D eigenvalue weighted by Gasteiger charge is -2.46. The highest BCUT2D eigenvalue weighted by Crippen LogP contribution is 2.55. The average Bonchev–Trinajstić information content (AvgIpc) is 1.28. The van der Waals surface area contributed by atoms with Crippen molar-refractivity contribution < 1.29 is 19.2 Å². The lowest BCUT2D eigenvalue weighted by atomic mass is 9.33. The van der Waals surface area contributed by atoms with Crippen LogP contribution in [0.2, 0.25) is 0 Å². The average molecular weight is 1600 g/mol. The van der Waals surface area contributed by atoms with Gasteiger partial charge in [0, 0.05) is 110 Å². The van der Waals surface area contributed by atoms with Gasteiger partial charge in [0.1, 0.15) is 0 Å². The number of anilines is 6. The van der Waals surface area contributed by atoms with Gasteiger partial charge in [0.15, 0.2) is 0 Å². The molecule has 6 aromatic heterocycles. The molecule has 2 aliphatic heterocycles. The molecule has 2 aliphatic rings. The predicted molar refractivity (Wildman–Crippen MR) is 530 cm³/mol. The van der Waals surface area contributed by atoms with Crippen molar-refractivity contribution in [1.82, 2.24) is 17.9 Å². The first-order chi connectivity index (χ1) is 67.5. The Morgan fingerprint density at radius 1 is 0.240 bits per heavy atom. The first kappa shape index (κ1) is 57.3. The Balaban J connectivity index is 0.816. The van der Waals surface area contributed by atoms with E-state index in [0.717, 1.165) is 165 Å². The number of hydrogen-bond donors (Lipinski definition) is 0. The Morgan fingerprint density at radius 2 is 0.584 bits per heavy atom. The summed E-state index contributed by atoms with van der Waals surface area (Å²) in [5.74, 6) is 0. The Bertz CT molecular complexity index is 9060. The standard InChI is InChI=1S/C118H77BN6/c1-118(2,3)82-68-113-115-114(69-82)123(108-57-49-77(73-30-10-5-11-31-73)61-92(108)81-66-97-89-40-20-26-46-105(89)125-106-47-27-21-41-90(106)98(67-81)117(97)125)112-71-84(121-102-43-23-17-37-86(102)94-63-79(51-59-110(94)121)75-34-14-7-15-35-75)53-55-100(112)119(115)99-54-52-83(120-101-42-22-16-36-85(101)93-62-78(50-58-109(93)120)74-32-12-6-13-33-74)70-111(99)122(113)107-56-48-76(72-28-8-4-9-29-72)60-91(107)80-64-95-87-38-18-24-44-103(87)124-104-45-25-19-39-88(104)96(65-80)116(95)124/h4-71H,1-3H3/i16D,17D,22D,23D,36D,37D,42D,43D,50D,51D,58D,59D,62D,63D. The van der Waals surface area contributed by atoms with E-state index in [9.17, 15) is 19.2 Å². The minimum absolute atomic E-state index is 0.0200. The fraction of sp³-hybridized carbons (Fsp3) is 0.0339. The van der Waals surface area contributed by atoms with Crippen molar-refractivity contribution in [3.8, 4) is 78.1 Å². The van der Waals surface area contributed by atoms with Crippen LogP contribution in [0.15, 0.2) is 412 Å². The number of nitrogens with zero attached hydrogens (tertiary/aromatic N) is 6. The molecule has 0 fully saturated rings. The van der Waals surface area contributed by atoms with Crippen molar-refractivity contribution in [1.29, 1.82) is 0 Å². The molecular formula is C118H77BN6. The molecule has 0 amide bonds. The molecule has 0 bridgehead atoms. The second kappa shape index (κ2) is 26.3. The first-order valence-electron chi connectivity index (χ1n) is 49.5. The van der Waals surface area contributed by atoms with Crippen molar-refractivity contribution in [2.45, 2.75) is 26.2 Å². The molecule has 0 aliphatic carbocycles. The van der Waals surface area contributed by atoms with E-state index in [1.165, 1.54) is 0 Å². The summed E-state index contributed by atoms with van der Waals surface area (Å²) >= 11 is 0. The predicted octanol–water partition coefficient (Wildman–Crippen LogP) is 29.6. The summed E-state index contributed by atoms with van der Waals surface area (Å²) in [7, 11) is 0. The van der Waals surface area contributed by atoms with Crippen molar-refractivity contribution in [3.63, 3.8) is 0 Å². The minimum Gasteiger partial charge on any atom is -0.311 e. The molecular weight excluding hydrogens is 1510 g/mol. The third kappa shape index (κ3) is 10.1. The fourth-order valence-electron chi connectivity index (χ4n) is 21.0. The number of benzene rings is 19. The molecule has 0 unspecified atom stereocenters. The fourth-order valence-corrected chi connectivity index (χ4v) is 21.0. The van der Waals surface area contributed by atoms with E-state index in [1.807, 2.05) is 36.4 Å². The Hall–Kier alpha value is -16.0. The number of rotatable bonds is 10. The Labute approximate surface area is 741 Å². The van der Waals surface area contributed by atoms with Crippen molar-refractivity contribution in [2.75, 3.05) is 9.80 Å². The normalized spacial score (nSPS) is 14.4. The van der Waals surface area contributed by atoms with E-state index >= 15 is 0 Å². The van der Waals surface area contributed by atoms with Gasteiger partial charge in [0.2, 0.25) is 0 Å². The summed E-state index contributed by atoms with van der Waals surface area (Å²) in [4.78, 5) is 4.75. The van der Waals surface area contributed by atoms with E-state index in [1.54, 1.807) is 57.7 Å². The number of para-hydroxylation sites is 6. The number of aromatic nitrogens is 4. The van der Waals surface area contributed by atoms with Gasteiger partial charge in [-0.25, -0.2) is 0 Å².